The number of nitrogens with zero attached hydrogens (tertiary/aromatic N) is 1. The van der Waals surface area contributed by atoms with Crippen LogP contribution in [0.15, 0.2) is 12.1 Å². The lowest BCUT2D eigenvalue weighted by molar-refractivity contribution is -0.136. The van der Waals surface area contributed by atoms with Crippen LogP contribution in [0.1, 0.15) is 36.8 Å². The van der Waals surface area contributed by atoms with Gasteiger partial charge in [-0.1, -0.05) is 0 Å². The van der Waals surface area contributed by atoms with E-state index in [0.29, 0.717) is 18.5 Å². The van der Waals surface area contributed by atoms with Crippen molar-refractivity contribution in [3.8, 4) is 0 Å². The lowest BCUT2D eigenvalue weighted by Crippen LogP contribution is -2.39. The van der Waals surface area contributed by atoms with Crippen LogP contribution in [-0.4, -0.2) is 30.3 Å². The van der Waals surface area contributed by atoms with Gasteiger partial charge in [-0.05, 0) is 55.4 Å². The van der Waals surface area contributed by atoms with E-state index >= 15 is 0 Å². The van der Waals surface area contributed by atoms with Crippen molar-refractivity contribution in [3.63, 3.8) is 0 Å². The largest absolute Gasteiger partial charge is 0.345 e. The summed E-state index contributed by atoms with van der Waals surface area (Å²) in [6.45, 7) is 0.772. The Morgan fingerprint density at radius 3 is 2.52 bits per heavy atom. The van der Waals surface area contributed by atoms with Gasteiger partial charge in [-0.25, -0.2) is 0 Å². The van der Waals surface area contributed by atoms with E-state index in [1.165, 1.54) is 0 Å². The zero-order valence-corrected chi connectivity index (χ0v) is 12.9. The third-order valence-electron chi connectivity index (χ3n) is 4.65. The molecule has 4 rings (SSSR count). The monoisotopic (exact) mass is 313 g/mol. The highest BCUT2D eigenvalue weighted by Gasteiger charge is 2.30. The molecular formula is C17H19N3O3. The van der Waals surface area contributed by atoms with Gasteiger partial charge in [-0.2, -0.15) is 0 Å². The average molecular weight is 313 g/mol. The first-order valence-electron chi connectivity index (χ1n) is 8.20. The molecule has 0 radical (unpaired) electrons. The predicted molar refractivity (Wildman–Crippen MR) is 85.2 cm³/mol. The maximum atomic E-state index is 12.0. The van der Waals surface area contributed by atoms with Crippen molar-refractivity contribution in [3.05, 3.63) is 23.3 Å². The molecule has 23 heavy (non-hydrogen) atoms. The summed E-state index contributed by atoms with van der Waals surface area (Å²) in [5, 5.41) is 5.38. The van der Waals surface area contributed by atoms with Crippen molar-refractivity contribution < 1.29 is 14.4 Å². The summed E-state index contributed by atoms with van der Waals surface area (Å²) in [7, 11) is 0. The Kier molecular flexibility index (Phi) is 3.32. The van der Waals surface area contributed by atoms with Gasteiger partial charge in [0.05, 0.1) is 5.69 Å². The number of carbonyl (C=O) groups is 3. The van der Waals surface area contributed by atoms with E-state index < -0.39 is 11.8 Å². The predicted octanol–water partition coefficient (Wildman–Crippen LogP) is 1.13. The Morgan fingerprint density at radius 1 is 1.04 bits per heavy atom. The van der Waals surface area contributed by atoms with E-state index in [1.807, 2.05) is 17.0 Å². The van der Waals surface area contributed by atoms with E-state index in [4.69, 9.17) is 0 Å². The number of hydrogen-bond acceptors (Lipinski definition) is 3. The number of amides is 3. The third kappa shape index (κ3) is 2.69. The molecule has 2 aliphatic heterocycles. The normalized spacial score (nSPS) is 19.1. The van der Waals surface area contributed by atoms with E-state index in [-0.39, 0.29) is 11.9 Å². The van der Waals surface area contributed by atoms with Gasteiger partial charge in [0.2, 0.25) is 5.91 Å². The molecule has 120 valence electrons. The molecule has 0 aromatic heterocycles. The highest BCUT2D eigenvalue weighted by molar-refractivity contribution is 6.39. The molecule has 0 atom stereocenters. The van der Waals surface area contributed by atoms with Crippen molar-refractivity contribution in [1.82, 2.24) is 5.32 Å². The molecule has 0 spiro atoms. The van der Waals surface area contributed by atoms with Crippen molar-refractivity contribution >= 4 is 29.1 Å². The van der Waals surface area contributed by atoms with Crippen LogP contribution in [0.25, 0.3) is 0 Å². The van der Waals surface area contributed by atoms with E-state index in [2.05, 4.69) is 10.6 Å². The summed E-state index contributed by atoms with van der Waals surface area (Å²) in [6.07, 6.45) is 4.92. The number of nitrogens with one attached hydrogen (secondary N) is 2. The lowest BCUT2D eigenvalue weighted by Gasteiger charge is -2.35. The molecule has 1 saturated carbocycles. The SMILES string of the molecule is O=C(Nc1cc2c3c(c1)CCC(=O)N3CCC2)C(=O)NC1CC1. The fourth-order valence-corrected chi connectivity index (χ4v) is 3.39. The first-order valence-corrected chi connectivity index (χ1v) is 8.20. The molecule has 0 saturated heterocycles. The van der Waals surface area contributed by atoms with E-state index in [9.17, 15) is 14.4 Å². The summed E-state index contributed by atoms with van der Waals surface area (Å²) < 4.78 is 0. The summed E-state index contributed by atoms with van der Waals surface area (Å²) in [4.78, 5) is 37.7. The van der Waals surface area contributed by atoms with Crippen LogP contribution in [-0.2, 0) is 27.2 Å². The first-order chi connectivity index (χ1) is 11.1. The average Bonchev–Trinajstić information content (AvgIpc) is 3.34. The molecule has 0 bridgehead atoms. The topological polar surface area (TPSA) is 78.5 Å². The smallest absolute Gasteiger partial charge is 0.313 e. The molecule has 1 fully saturated rings. The van der Waals surface area contributed by atoms with Gasteiger partial charge in [0, 0.05) is 24.7 Å². The zero-order chi connectivity index (χ0) is 16.0. The van der Waals surface area contributed by atoms with Crippen LogP contribution in [0.2, 0.25) is 0 Å². The Hall–Kier alpha value is -2.37. The number of benzene rings is 1. The van der Waals surface area contributed by atoms with Gasteiger partial charge >= 0.3 is 11.8 Å². The van der Waals surface area contributed by atoms with Crippen LogP contribution < -0.4 is 15.5 Å². The zero-order valence-electron chi connectivity index (χ0n) is 12.9. The van der Waals surface area contributed by atoms with Gasteiger partial charge in [0.15, 0.2) is 0 Å². The number of hydrogen-bond donors (Lipinski definition) is 2. The maximum absolute atomic E-state index is 12.0. The fraction of sp³-hybridized carbons (Fsp3) is 0.471. The lowest BCUT2D eigenvalue weighted by atomic mass is 9.91. The molecule has 2 N–H and O–H groups in total. The summed E-state index contributed by atoms with van der Waals surface area (Å²) in [5.41, 5.74) is 3.83. The van der Waals surface area contributed by atoms with Crippen molar-refractivity contribution in [1.29, 1.82) is 0 Å². The fourth-order valence-electron chi connectivity index (χ4n) is 3.39. The summed E-state index contributed by atoms with van der Waals surface area (Å²) in [5.74, 6) is -1.02. The molecule has 1 aromatic rings. The molecule has 6 heteroatoms. The van der Waals surface area contributed by atoms with Crippen molar-refractivity contribution in [2.45, 2.75) is 44.6 Å². The van der Waals surface area contributed by atoms with Gasteiger partial charge in [-0.15, -0.1) is 0 Å². The van der Waals surface area contributed by atoms with E-state index in [0.717, 1.165) is 49.0 Å². The molecule has 2 heterocycles. The highest BCUT2D eigenvalue weighted by Crippen LogP contribution is 2.37. The van der Waals surface area contributed by atoms with Crippen LogP contribution in [0.4, 0.5) is 11.4 Å². The number of carbonyl (C=O) groups excluding carboxylic acids is 3. The minimum Gasteiger partial charge on any atom is -0.345 e. The second kappa shape index (κ2) is 5.37. The van der Waals surface area contributed by atoms with Crippen LogP contribution in [0.5, 0.6) is 0 Å². The minimum atomic E-state index is -0.622. The van der Waals surface area contributed by atoms with Crippen LogP contribution in [0.3, 0.4) is 0 Å². The minimum absolute atomic E-state index is 0.164. The maximum Gasteiger partial charge on any atom is 0.313 e. The molecule has 3 aliphatic rings. The Bertz CT molecular complexity index is 692. The van der Waals surface area contributed by atoms with Crippen molar-refractivity contribution in [2.75, 3.05) is 16.8 Å². The highest BCUT2D eigenvalue weighted by atomic mass is 16.2. The van der Waals surface area contributed by atoms with Gasteiger partial charge in [0.25, 0.3) is 0 Å². The molecule has 0 unspecified atom stereocenters. The van der Waals surface area contributed by atoms with Crippen LogP contribution >= 0.6 is 0 Å². The molecule has 6 nitrogen and oxygen atoms in total. The number of rotatable bonds is 2. The second-order valence-corrected chi connectivity index (χ2v) is 6.49. The Morgan fingerprint density at radius 2 is 1.78 bits per heavy atom. The van der Waals surface area contributed by atoms with Gasteiger partial charge < -0.3 is 15.5 Å². The number of anilines is 2. The molecule has 3 amide bonds. The third-order valence-corrected chi connectivity index (χ3v) is 4.65. The van der Waals surface area contributed by atoms with Gasteiger partial charge in [-0.3, -0.25) is 14.4 Å². The summed E-state index contributed by atoms with van der Waals surface area (Å²) >= 11 is 0. The van der Waals surface area contributed by atoms with Gasteiger partial charge in [0.1, 0.15) is 0 Å². The van der Waals surface area contributed by atoms with Crippen LogP contribution in [0, 0.1) is 0 Å². The Labute approximate surface area is 134 Å². The summed E-state index contributed by atoms with van der Waals surface area (Å²) in [6, 6.07) is 3.95. The molecule has 1 aromatic carbocycles. The quantitative estimate of drug-likeness (QED) is 0.803. The van der Waals surface area contributed by atoms with E-state index in [1.54, 1.807) is 0 Å². The van der Waals surface area contributed by atoms with Crippen molar-refractivity contribution in [2.24, 2.45) is 0 Å². The standard InChI is InChI=1S/C17H19N3O3/c21-14-6-3-11-9-13(8-10-2-1-7-20(14)15(10)11)19-17(23)16(22)18-12-4-5-12/h8-9,12H,1-7H2,(H,18,22)(H,19,23). The molecule has 1 aliphatic carbocycles. The Balaban J connectivity index is 1.57. The second-order valence-electron chi connectivity index (χ2n) is 6.49. The number of aryl methyl sites for hydroxylation is 2. The first kappa shape index (κ1) is 14.2. The molecular weight excluding hydrogens is 294 g/mol.